The van der Waals surface area contributed by atoms with Crippen LogP contribution >= 0.6 is 11.3 Å². The monoisotopic (exact) mass is 330 g/mol. The predicted octanol–water partition coefficient (Wildman–Crippen LogP) is 2.36. The van der Waals surface area contributed by atoms with Crippen molar-refractivity contribution in [1.29, 1.82) is 0 Å². The van der Waals surface area contributed by atoms with E-state index in [1.165, 1.54) is 11.3 Å². The molecule has 1 aliphatic heterocycles. The second kappa shape index (κ2) is 5.24. The summed E-state index contributed by atoms with van der Waals surface area (Å²) in [6.07, 6.45) is 0. The van der Waals surface area contributed by atoms with Crippen LogP contribution in [0.15, 0.2) is 18.2 Å². The van der Waals surface area contributed by atoms with Gasteiger partial charge in [-0.15, -0.1) is 0 Å². The number of nitrogens with zero attached hydrogens (tertiary/aromatic N) is 3. The maximum absolute atomic E-state index is 12.3. The highest BCUT2D eigenvalue weighted by molar-refractivity contribution is 7.22. The Balaban J connectivity index is 1.64. The van der Waals surface area contributed by atoms with Crippen molar-refractivity contribution < 1.29 is 14.3 Å². The molecule has 0 spiro atoms. The van der Waals surface area contributed by atoms with Gasteiger partial charge < -0.3 is 9.47 Å². The van der Waals surface area contributed by atoms with Crippen LogP contribution in [0.3, 0.4) is 0 Å². The van der Waals surface area contributed by atoms with Gasteiger partial charge in [0.25, 0.3) is 5.91 Å². The lowest BCUT2D eigenvalue weighted by molar-refractivity contribution is 0.101. The van der Waals surface area contributed by atoms with Crippen molar-refractivity contribution in [3.63, 3.8) is 0 Å². The van der Waals surface area contributed by atoms with Gasteiger partial charge in [0.1, 0.15) is 18.9 Å². The molecule has 0 unspecified atom stereocenters. The van der Waals surface area contributed by atoms with Crippen LogP contribution in [0.4, 0.5) is 5.13 Å². The Morgan fingerprint density at radius 1 is 1.26 bits per heavy atom. The number of nitrogens with one attached hydrogen (secondary N) is 1. The number of rotatable bonds is 2. The minimum Gasteiger partial charge on any atom is -0.486 e. The molecule has 4 rings (SSSR count). The fourth-order valence-corrected chi connectivity index (χ4v) is 3.37. The summed E-state index contributed by atoms with van der Waals surface area (Å²) in [6, 6.07) is 5.47. The molecule has 0 saturated heterocycles. The third kappa shape index (κ3) is 2.50. The van der Waals surface area contributed by atoms with Gasteiger partial charge in [0.05, 0.1) is 15.9 Å². The molecule has 0 atom stereocenters. The van der Waals surface area contributed by atoms with Crippen LogP contribution < -0.4 is 14.8 Å². The SMILES string of the molecule is Cc1cc(C(=O)Nc2nc3cc4c(cc3s2)OCCO4)n(C)n1. The summed E-state index contributed by atoms with van der Waals surface area (Å²) in [5.74, 6) is 1.17. The number of carbonyl (C=O) groups excluding carboxylic acids is 1. The lowest BCUT2D eigenvalue weighted by Gasteiger charge is -2.17. The zero-order valence-electron chi connectivity index (χ0n) is 12.6. The second-order valence-electron chi connectivity index (χ2n) is 5.23. The number of benzene rings is 1. The van der Waals surface area contributed by atoms with E-state index in [4.69, 9.17) is 9.47 Å². The van der Waals surface area contributed by atoms with Gasteiger partial charge >= 0.3 is 0 Å². The standard InChI is InChI=1S/C15H14N4O3S/c1-8-5-10(19(2)18-8)14(20)17-15-16-9-6-11-12(7-13(9)23-15)22-4-3-21-11/h5-7H,3-4H2,1-2H3,(H,16,17,20). The molecule has 0 bridgehead atoms. The summed E-state index contributed by atoms with van der Waals surface area (Å²) in [5.41, 5.74) is 2.06. The number of amides is 1. The van der Waals surface area contributed by atoms with Crippen LogP contribution in [0.5, 0.6) is 11.5 Å². The Kier molecular flexibility index (Phi) is 3.19. The Morgan fingerprint density at radius 3 is 2.70 bits per heavy atom. The van der Waals surface area contributed by atoms with Crippen LogP contribution in [0.25, 0.3) is 10.2 Å². The average molecular weight is 330 g/mol. The molecule has 3 aromatic rings. The summed E-state index contributed by atoms with van der Waals surface area (Å²) in [6.45, 7) is 2.92. The van der Waals surface area contributed by atoms with Crippen molar-refractivity contribution in [2.45, 2.75) is 6.92 Å². The van der Waals surface area contributed by atoms with E-state index in [0.29, 0.717) is 35.5 Å². The molecule has 118 valence electrons. The third-order valence-electron chi connectivity index (χ3n) is 3.51. The first-order valence-electron chi connectivity index (χ1n) is 7.12. The quantitative estimate of drug-likeness (QED) is 0.780. The number of aryl methyl sites for hydroxylation is 2. The molecule has 0 radical (unpaired) electrons. The van der Waals surface area contributed by atoms with Crippen molar-refractivity contribution in [2.75, 3.05) is 18.5 Å². The minimum atomic E-state index is -0.232. The lowest BCUT2D eigenvalue weighted by Crippen LogP contribution is -2.15. The van der Waals surface area contributed by atoms with Gasteiger partial charge in [-0.2, -0.15) is 5.10 Å². The normalized spacial score (nSPS) is 13.3. The highest BCUT2D eigenvalue weighted by Gasteiger charge is 2.17. The first kappa shape index (κ1) is 14.0. The lowest BCUT2D eigenvalue weighted by atomic mass is 10.3. The predicted molar refractivity (Wildman–Crippen MR) is 86.5 cm³/mol. The Bertz CT molecular complexity index is 872. The average Bonchev–Trinajstić information content (AvgIpc) is 3.06. The van der Waals surface area contributed by atoms with Crippen molar-refractivity contribution in [1.82, 2.24) is 14.8 Å². The maximum atomic E-state index is 12.3. The number of hydrogen-bond donors (Lipinski definition) is 1. The van der Waals surface area contributed by atoms with Crippen molar-refractivity contribution in [3.05, 3.63) is 29.6 Å². The smallest absolute Gasteiger partial charge is 0.275 e. The molecule has 0 saturated carbocycles. The van der Waals surface area contributed by atoms with E-state index in [9.17, 15) is 4.79 Å². The van der Waals surface area contributed by atoms with Crippen LogP contribution in [0, 0.1) is 6.92 Å². The number of thiazole rings is 1. The van der Waals surface area contributed by atoms with Crippen LogP contribution in [0.2, 0.25) is 0 Å². The molecule has 1 aromatic carbocycles. The Hall–Kier alpha value is -2.61. The summed E-state index contributed by atoms with van der Waals surface area (Å²) >= 11 is 1.40. The molecule has 7 nitrogen and oxygen atoms in total. The summed E-state index contributed by atoms with van der Waals surface area (Å²) in [5, 5.41) is 7.53. The first-order chi connectivity index (χ1) is 11.1. The first-order valence-corrected chi connectivity index (χ1v) is 7.94. The molecule has 1 amide bonds. The highest BCUT2D eigenvalue weighted by Crippen LogP contribution is 2.37. The van der Waals surface area contributed by atoms with E-state index in [1.807, 2.05) is 19.1 Å². The molecule has 0 aliphatic carbocycles. The van der Waals surface area contributed by atoms with E-state index in [0.717, 1.165) is 15.9 Å². The van der Waals surface area contributed by atoms with Crippen molar-refractivity contribution in [2.24, 2.45) is 7.05 Å². The van der Waals surface area contributed by atoms with E-state index < -0.39 is 0 Å². The van der Waals surface area contributed by atoms with E-state index in [-0.39, 0.29) is 5.91 Å². The van der Waals surface area contributed by atoms with Gasteiger partial charge in [-0.25, -0.2) is 4.98 Å². The molecule has 0 fully saturated rings. The highest BCUT2D eigenvalue weighted by atomic mass is 32.1. The molecule has 1 aliphatic rings. The number of aromatic nitrogens is 3. The minimum absolute atomic E-state index is 0.232. The van der Waals surface area contributed by atoms with Crippen LogP contribution in [-0.2, 0) is 7.05 Å². The molecular formula is C15H14N4O3S. The molecule has 2 aromatic heterocycles. The number of carbonyl (C=O) groups is 1. The Labute approximate surface area is 135 Å². The molecule has 8 heteroatoms. The summed E-state index contributed by atoms with van der Waals surface area (Å²) in [4.78, 5) is 16.8. The zero-order chi connectivity index (χ0) is 16.0. The zero-order valence-corrected chi connectivity index (χ0v) is 13.4. The van der Waals surface area contributed by atoms with Gasteiger partial charge in [0.2, 0.25) is 0 Å². The topological polar surface area (TPSA) is 78.3 Å². The van der Waals surface area contributed by atoms with E-state index in [1.54, 1.807) is 17.8 Å². The number of anilines is 1. The maximum Gasteiger partial charge on any atom is 0.275 e. The molecule has 23 heavy (non-hydrogen) atoms. The fraction of sp³-hybridized carbons (Fsp3) is 0.267. The molecule has 3 heterocycles. The van der Waals surface area contributed by atoms with Gasteiger partial charge in [-0.3, -0.25) is 14.8 Å². The van der Waals surface area contributed by atoms with Gasteiger partial charge in [-0.1, -0.05) is 11.3 Å². The molecular weight excluding hydrogens is 316 g/mol. The van der Waals surface area contributed by atoms with Gasteiger partial charge in [0.15, 0.2) is 16.6 Å². The van der Waals surface area contributed by atoms with Crippen molar-refractivity contribution in [3.8, 4) is 11.5 Å². The number of ether oxygens (including phenoxy) is 2. The molecule has 1 N–H and O–H groups in total. The van der Waals surface area contributed by atoms with E-state index in [2.05, 4.69) is 15.4 Å². The Morgan fingerprint density at radius 2 is 2.00 bits per heavy atom. The van der Waals surface area contributed by atoms with E-state index >= 15 is 0 Å². The van der Waals surface area contributed by atoms with Gasteiger partial charge in [-0.05, 0) is 13.0 Å². The second-order valence-corrected chi connectivity index (χ2v) is 6.26. The number of fused-ring (bicyclic) bond motifs is 2. The van der Waals surface area contributed by atoms with Crippen LogP contribution in [-0.4, -0.2) is 33.9 Å². The van der Waals surface area contributed by atoms with Gasteiger partial charge in [0, 0.05) is 19.2 Å². The number of hydrogen-bond acceptors (Lipinski definition) is 6. The third-order valence-corrected chi connectivity index (χ3v) is 4.44. The fourth-order valence-electron chi connectivity index (χ4n) is 2.50. The summed E-state index contributed by atoms with van der Waals surface area (Å²) < 4.78 is 13.6. The van der Waals surface area contributed by atoms with Crippen molar-refractivity contribution >= 4 is 32.6 Å². The largest absolute Gasteiger partial charge is 0.486 e. The van der Waals surface area contributed by atoms with Crippen LogP contribution in [0.1, 0.15) is 16.2 Å². The summed E-state index contributed by atoms with van der Waals surface area (Å²) in [7, 11) is 1.74.